The summed E-state index contributed by atoms with van der Waals surface area (Å²) >= 11 is 0. The first kappa shape index (κ1) is 27.3. The van der Waals surface area contributed by atoms with Gasteiger partial charge in [0.25, 0.3) is 0 Å². The number of nitrogens with two attached hydrogens (primary N) is 1. The zero-order valence-electron chi connectivity index (χ0n) is 20.6. The van der Waals surface area contributed by atoms with Gasteiger partial charge in [0.05, 0.1) is 11.4 Å². The molecule has 0 fully saturated rings. The van der Waals surface area contributed by atoms with E-state index in [1.165, 1.54) is 4.90 Å². The number of amides is 1. The molecule has 0 spiro atoms. The number of ether oxygens (including phenoxy) is 1. The minimum Gasteiger partial charge on any atom is -0.481 e. The van der Waals surface area contributed by atoms with Crippen molar-refractivity contribution in [3.63, 3.8) is 0 Å². The maximum Gasteiger partial charge on any atom is 0.419 e. The molecule has 0 atom stereocenters. The van der Waals surface area contributed by atoms with Crippen molar-refractivity contribution in [2.75, 3.05) is 11.5 Å². The van der Waals surface area contributed by atoms with Crippen molar-refractivity contribution in [3.05, 3.63) is 102 Å². The predicted octanol–water partition coefficient (Wildman–Crippen LogP) is 6.44. The lowest BCUT2D eigenvalue weighted by Gasteiger charge is -2.22. The number of aryl methyl sites for hydroxylation is 1. The van der Waals surface area contributed by atoms with Crippen LogP contribution in [0, 0.1) is 0 Å². The van der Waals surface area contributed by atoms with Gasteiger partial charge in [-0.15, -0.1) is 0 Å². The van der Waals surface area contributed by atoms with Crippen molar-refractivity contribution < 1.29 is 19.4 Å². The van der Waals surface area contributed by atoms with Crippen LogP contribution in [0.15, 0.2) is 91.0 Å². The third-order valence-electron chi connectivity index (χ3n) is 4.40. The predicted molar refractivity (Wildman–Crippen MR) is 142 cm³/mol. The van der Waals surface area contributed by atoms with Gasteiger partial charge in [-0.2, -0.15) is 0 Å². The molecule has 3 aromatic rings. The normalized spacial score (nSPS) is 10.9. The Bertz CT molecular complexity index is 1040. The van der Waals surface area contributed by atoms with E-state index in [2.05, 4.69) is 0 Å². The van der Waals surface area contributed by atoms with Gasteiger partial charge in [0.15, 0.2) is 0 Å². The minimum atomic E-state index is -0.816. The third kappa shape index (κ3) is 11.2. The number of carbonyl (C=O) groups is 2. The summed E-state index contributed by atoms with van der Waals surface area (Å²) in [7, 11) is 0. The van der Waals surface area contributed by atoms with Crippen LogP contribution in [0.5, 0.6) is 0 Å². The van der Waals surface area contributed by atoms with Gasteiger partial charge in [0.2, 0.25) is 0 Å². The molecule has 35 heavy (non-hydrogen) atoms. The lowest BCUT2D eigenvalue weighted by molar-refractivity contribution is -0.136. The highest BCUT2D eigenvalue weighted by molar-refractivity contribution is 5.95. The zero-order valence-corrected chi connectivity index (χ0v) is 20.6. The molecule has 3 aromatic carbocycles. The SMILES string of the molecule is CC(C)(C)N.O=C(O)CCc1cccc(C=CCOC(=O)N(c2ccccc2)c2ccccc2)c1. The van der Waals surface area contributed by atoms with Crippen LogP contribution in [0.25, 0.3) is 6.08 Å². The summed E-state index contributed by atoms with van der Waals surface area (Å²) in [5, 5.41) is 8.81. The molecule has 184 valence electrons. The molecule has 0 aliphatic heterocycles. The molecule has 0 aliphatic rings. The second kappa shape index (κ2) is 13.7. The Morgan fingerprint density at radius 2 is 1.46 bits per heavy atom. The van der Waals surface area contributed by atoms with Crippen LogP contribution in [0.1, 0.15) is 38.3 Å². The Labute approximate surface area is 207 Å². The van der Waals surface area contributed by atoms with Gasteiger partial charge in [-0.25, -0.2) is 9.69 Å². The summed E-state index contributed by atoms with van der Waals surface area (Å²) in [6, 6.07) is 26.3. The molecule has 1 amide bonds. The Balaban J connectivity index is 0.000000784. The van der Waals surface area contributed by atoms with E-state index in [0.717, 1.165) is 22.5 Å². The van der Waals surface area contributed by atoms with Crippen molar-refractivity contribution in [2.45, 2.75) is 39.2 Å². The molecule has 6 nitrogen and oxygen atoms in total. The number of aliphatic carboxylic acids is 1. The van der Waals surface area contributed by atoms with Crippen LogP contribution in [0.3, 0.4) is 0 Å². The molecule has 0 saturated carbocycles. The molecule has 0 radical (unpaired) electrons. The van der Waals surface area contributed by atoms with E-state index >= 15 is 0 Å². The number of hydrogen-bond donors (Lipinski definition) is 2. The van der Waals surface area contributed by atoms with E-state index in [-0.39, 0.29) is 18.6 Å². The Morgan fingerprint density at radius 3 is 1.97 bits per heavy atom. The van der Waals surface area contributed by atoms with Crippen LogP contribution >= 0.6 is 0 Å². The summed E-state index contributed by atoms with van der Waals surface area (Å²) < 4.78 is 5.47. The van der Waals surface area contributed by atoms with E-state index in [0.29, 0.717) is 6.42 Å². The van der Waals surface area contributed by atoms with Crippen LogP contribution < -0.4 is 10.6 Å². The van der Waals surface area contributed by atoms with Crippen LogP contribution in [0.4, 0.5) is 16.2 Å². The van der Waals surface area contributed by atoms with Crippen molar-refractivity contribution in [1.29, 1.82) is 0 Å². The van der Waals surface area contributed by atoms with Gasteiger partial charge in [-0.05, 0) is 68.7 Å². The number of anilines is 2. The highest BCUT2D eigenvalue weighted by Gasteiger charge is 2.18. The van der Waals surface area contributed by atoms with Crippen molar-refractivity contribution in [3.8, 4) is 0 Å². The average Bonchev–Trinajstić information content (AvgIpc) is 2.81. The number of nitrogens with zero attached hydrogens (tertiary/aromatic N) is 1. The van der Waals surface area contributed by atoms with Crippen LogP contribution in [-0.2, 0) is 16.0 Å². The lowest BCUT2D eigenvalue weighted by Crippen LogP contribution is -2.26. The second-order valence-corrected chi connectivity index (χ2v) is 8.99. The Kier molecular flexibility index (Phi) is 10.7. The summed E-state index contributed by atoms with van der Waals surface area (Å²) in [5.74, 6) is -0.816. The maximum absolute atomic E-state index is 12.8. The zero-order chi connectivity index (χ0) is 25.7. The molecular formula is C29H34N2O4. The van der Waals surface area contributed by atoms with Gasteiger partial charge in [0.1, 0.15) is 6.61 Å². The van der Waals surface area contributed by atoms with E-state index in [4.69, 9.17) is 15.6 Å². The molecule has 0 aromatic heterocycles. The van der Waals surface area contributed by atoms with Gasteiger partial charge in [-0.3, -0.25) is 4.79 Å². The number of rotatable bonds is 8. The first-order valence-electron chi connectivity index (χ1n) is 11.5. The Morgan fingerprint density at radius 1 is 0.914 bits per heavy atom. The molecule has 0 unspecified atom stereocenters. The highest BCUT2D eigenvalue weighted by atomic mass is 16.6. The summed E-state index contributed by atoms with van der Waals surface area (Å²) in [4.78, 5) is 25.0. The number of benzene rings is 3. The van der Waals surface area contributed by atoms with Gasteiger partial charge in [-0.1, -0.05) is 66.7 Å². The number of hydrogen-bond acceptors (Lipinski definition) is 4. The van der Waals surface area contributed by atoms with Gasteiger partial charge in [0, 0.05) is 12.0 Å². The molecule has 0 saturated heterocycles. The quantitative estimate of drug-likeness (QED) is 0.392. The van der Waals surface area contributed by atoms with Crippen molar-refractivity contribution >= 4 is 29.5 Å². The summed E-state index contributed by atoms with van der Waals surface area (Å²) in [5.41, 5.74) is 8.69. The molecule has 6 heteroatoms. The molecule has 3 rings (SSSR count). The molecule has 0 aliphatic carbocycles. The highest BCUT2D eigenvalue weighted by Crippen LogP contribution is 2.25. The fourth-order valence-electron chi connectivity index (χ4n) is 2.99. The molecule has 0 bridgehead atoms. The molecule has 0 heterocycles. The number of carboxylic acids is 1. The van der Waals surface area contributed by atoms with E-state index in [1.54, 1.807) is 6.08 Å². The third-order valence-corrected chi connectivity index (χ3v) is 4.40. The molecule has 3 N–H and O–H groups in total. The van der Waals surface area contributed by atoms with Gasteiger partial charge < -0.3 is 15.6 Å². The van der Waals surface area contributed by atoms with Crippen LogP contribution in [0.2, 0.25) is 0 Å². The standard InChI is InChI=1S/C25H23NO4.C4H11N/c27-24(28)17-16-21-10-7-9-20(19-21)11-8-18-30-25(29)26(22-12-3-1-4-13-22)23-14-5-2-6-15-23;1-4(2,3)5/h1-15,19H,16-18H2,(H,27,28);5H2,1-3H3. The smallest absolute Gasteiger partial charge is 0.419 e. The largest absolute Gasteiger partial charge is 0.481 e. The van der Waals surface area contributed by atoms with Crippen molar-refractivity contribution in [2.24, 2.45) is 5.73 Å². The maximum atomic E-state index is 12.8. The molecular weight excluding hydrogens is 440 g/mol. The fraction of sp³-hybridized carbons (Fsp3) is 0.241. The lowest BCUT2D eigenvalue weighted by atomic mass is 10.1. The minimum absolute atomic E-state index is 0. The van der Waals surface area contributed by atoms with Crippen molar-refractivity contribution in [1.82, 2.24) is 0 Å². The first-order chi connectivity index (χ1) is 16.6. The van der Waals surface area contributed by atoms with Gasteiger partial charge >= 0.3 is 12.1 Å². The van der Waals surface area contributed by atoms with Crippen LogP contribution in [-0.4, -0.2) is 29.3 Å². The Hall–Kier alpha value is -3.90. The monoisotopic (exact) mass is 474 g/mol. The topological polar surface area (TPSA) is 92.9 Å². The number of para-hydroxylation sites is 2. The average molecular weight is 475 g/mol. The summed E-state index contributed by atoms with van der Waals surface area (Å²) in [6.07, 6.45) is 3.73. The number of carboxylic acid groups (broad SMARTS) is 1. The fourth-order valence-corrected chi connectivity index (χ4v) is 2.99. The second-order valence-electron chi connectivity index (χ2n) is 8.99. The van der Waals surface area contributed by atoms with E-state index in [9.17, 15) is 9.59 Å². The van der Waals surface area contributed by atoms with E-state index < -0.39 is 12.1 Å². The van der Waals surface area contributed by atoms with E-state index in [1.807, 2.05) is 112 Å². The summed E-state index contributed by atoms with van der Waals surface area (Å²) in [6.45, 7) is 6.02. The number of carbonyl (C=O) groups excluding carboxylic acids is 1. The first-order valence-corrected chi connectivity index (χ1v) is 11.5.